The van der Waals surface area contributed by atoms with E-state index in [0.717, 1.165) is 0 Å². The quantitative estimate of drug-likeness (QED) is 0.311. The Labute approximate surface area is 126 Å². The lowest BCUT2D eigenvalue weighted by Crippen LogP contribution is -2.55. The third kappa shape index (κ3) is 4.31. The number of rotatable bonds is 7. The van der Waals surface area contributed by atoms with Crippen molar-refractivity contribution in [3.63, 3.8) is 0 Å². The van der Waals surface area contributed by atoms with E-state index in [-0.39, 0.29) is 11.7 Å². The van der Waals surface area contributed by atoms with Gasteiger partial charge in [-0.1, -0.05) is 19.0 Å². The SMILES string of the molecule is COCCN(CC(C)C)C(=O)C1(C(N)=NO)CCOCC1. The van der Waals surface area contributed by atoms with Crippen molar-refractivity contribution in [2.45, 2.75) is 26.7 Å². The highest BCUT2D eigenvalue weighted by Crippen LogP contribution is 2.33. The fourth-order valence-corrected chi connectivity index (χ4v) is 2.62. The number of amidine groups is 1. The monoisotopic (exact) mass is 301 g/mol. The molecule has 0 atom stereocenters. The molecule has 0 unspecified atom stereocenters. The van der Waals surface area contributed by atoms with Crippen molar-refractivity contribution in [3.05, 3.63) is 0 Å². The molecule has 0 aromatic carbocycles. The number of hydrogen-bond donors (Lipinski definition) is 2. The summed E-state index contributed by atoms with van der Waals surface area (Å²) in [6, 6.07) is 0. The van der Waals surface area contributed by atoms with Crippen LogP contribution in [0.5, 0.6) is 0 Å². The zero-order chi connectivity index (χ0) is 15.9. The topological polar surface area (TPSA) is 97.4 Å². The molecular formula is C14H27N3O4. The minimum absolute atomic E-state index is 0.0260. The van der Waals surface area contributed by atoms with Gasteiger partial charge < -0.3 is 25.3 Å². The van der Waals surface area contributed by atoms with E-state index in [1.807, 2.05) is 13.8 Å². The molecule has 1 aliphatic heterocycles. The van der Waals surface area contributed by atoms with Crippen LogP contribution in [-0.2, 0) is 14.3 Å². The van der Waals surface area contributed by atoms with Gasteiger partial charge in [-0.3, -0.25) is 4.79 Å². The molecule has 0 saturated carbocycles. The summed E-state index contributed by atoms with van der Waals surface area (Å²) in [6.45, 7) is 6.53. The van der Waals surface area contributed by atoms with Crippen molar-refractivity contribution in [1.29, 1.82) is 0 Å². The van der Waals surface area contributed by atoms with Crippen molar-refractivity contribution in [3.8, 4) is 0 Å². The standard InChI is InChI=1S/C14H27N3O4/c1-11(2)10-17(6-9-20-3)13(18)14(12(15)16-19)4-7-21-8-5-14/h11,19H,4-10H2,1-3H3,(H2,15,16). The minimum atomic E-state index is -0.963. The Balaban J connectivity index is 2.99. The number of carbonyl (C=O) groups excluding carboxylic acids is 1. The van der Waals surface area contributed by atoms with Crippen LogP contribution in [0.2, 0.25) is 0 Å². The maximum Gasteiger partial charge on any atom is 0.236 e. The number of nitrogens with zero attached hydrogens (tertiary/aromatic N) is 2. The van der Waals surface area contributed by atoms with Crippen molar-refractivity contribution in [2.24, 2.45) is 22.2 Å². The summed E-state index contributed by atoms with van der Waals surface area (Å²) in [5.74, 6) is 0.198. The Morgan fingerprint density at radius 2 is 2.10 bits per heavy atom. The van der Waals surface area contributed by atoms with Crippen LogP contribution in [0.4, 0.5) is 0 Å². The lowest BCUT2D eigenvalue weighted by molar-refractivity contribution is -0.143. The molecule has 1 fully saturated rings. The molecule has 21 heavy (non-hydrogen) atoms. The number of ether oxygens (including phenoxy) is 2. The fourth-order valence-electron chi connectivity index (χ4n) is 2.62. The van der Waals surface area contributed by atoms with Gasteiger partial charge in [-0.25, -0.2) is 0 Å². The molecule has 1 heterocycles. The van der Waals surface area contributed by atoms with E-state index in [1.54, 1.807) is 12.0 Å². The molecular weight excluding hydrogens is 274 g/mol. The van der Waals surface area contributed by atoms with Gasteiger partial charge in [0, 0.05) is 33.4 Å². The number of oxime groups is 1. The number of carbonyl (C=O) groups is 1. The zero-order valence-corrected chi connectivity index (χ0v) is 13.2. The first kappa shape index (κ1) is 17.7. The summed E-state index contributed by atoms with van der Waals surface area (Å²) >= 11 is 0. The summed E-state index contributed by atoms with van der Waals surface area (Å²) in [6.07, 6.45) is 0.868. The fraction of sp³-hybridized carbons (Fsp3) is 0.857. The molecule has 1 aliphatic rings. The molecule has 7 nitrogen and oxygen atoms in total. The first-order valence-corrected chi connectivity index (χ1v) is 7.32. The van der Waals surface area contributed by atoms with Crippen LogP contribution in [0.1, 0.15) is 26.7 Å². The summed E-state index contributed by atoms with van der Waals surface area (Å²) in [5.41, 5.74) is 4.88. The van der Waals surface area contributed by atoms with Gasteiger partial charge in [-0.05, 0) is 18.8 Å². The molecule has 0 aromatic rings. The highest BCUT2D eigenvalue weighted by Gasteiger charge is 2.46. The van der Waals surface area contributed by atoms with Crippen LogP contribution in [0.25, 0.3) is 0 Å². The molecule has 7 heteroatoms. The van der Waals surface area contributed by atoms with Crippen LogP contribution >= 0.6 is 0 Å². The predicted octanol–water partition coefficient (Wildman–Crippen LogP) is 0.661. The summed E-state index contributed by atoms with van der Waals surface area (Å²) in [7, 11) is 1.60. The van der Waals surface area contributed by atoms with Gasteiger partial charge in [0.1, 0.15) is 5.41 Å². The Hall–Kier alpha value is -1.34. The van der Waals surface area contributed by atoms with Gasteiger partial charge >= 0.3 is 0 Å². The van der Waals surface area contributed by atoms with Crippen molar-refractivity contribution >= 4 is 11.7 Å². The highest BCUT2D eigenvalue weighted by molar-refractivity contribution is 6.06. The second kappa shape index (κ2) is 8.19. The molecule has 3 N–H and O–H groups in total. The zero-order valence-electron chi connectivity index (χ0n) is 13.2. The Kier molecular flexibility index (Phi) is 6.91. The average Bonchev–Trinajstić information content (AvgIpc) is 2.50. The van der Waals surface area contributed by atoms with Crippen molar-refractivity contribution < 1.29 is 19.5 Å². The van der Waals surface area contributed by atoms with E-state index in [0.29, 0.717) is 51.7 Å². The van der Waals surface area contributed by atoms with Gasteiger partial charge in [0.15, 0.2) is 5.84 Å². The Morgan fingerprint density at radius 1 is 1.48 bits per heavy atom. The van der Waals surface area contributed by atoms with Crippen LogP contribution in [0.3, 0.4) is 0 Å². The van der Waals surface area contributed by atoms with Crippen LogP contribution in [-0.4, -0.2) is 61.9 Å². The number of hydrogen-bond acceptors (Lipinski definition) is 5. The van der Waals surface area contributed by atoms with Gasteiger partial charge in [0.05, 0.1) is 6.61 Å². The Bertz CT molecular complexity index is 365. The maximum atomic E-state index is 13.0. The molecule has 0 aromatic heterocycles. The maximum absolute atomic E-state index is 13.0. The predicted molar refractivity (Wildman–Crippen MR) is 79.2 cm³/mol. The second-order valence-corrected chi connectivity index (χ2v) is 5.82. The number of methoxy groups -OCH3 is 1. The van der Waals surface area contributed by atoms with Gasteiger partial charge in [0.25, 0.3) is 0 Å². The molecule has 0 radical (unpaired) electrons. The van der Waals surface area contributed by atoms with Gasteiger partial charge in [0.2, 0.25) is 5.91 Å². The van der Waals surface area contributed by atoms with Crippen molar-refractivity contribution in [1.82, 2.24) is 4.90 Å². The highest BCUT2D eigenvalue weighted by atomic mass is 16.5. The molecule has 1 amide bonds. The van der Waals surface area contributed by atoms with E-state index in [2.05, 4.69) is 5.16 Å². The first-order valence-electron chi connectivity index (χ1n) is 7.32. The van der Waals surface area contributed by atoms with E-state index in [1.165, 1.54) is 0 Å². The number of nitrogens with two attached hydrogens (primary N) is 1. The smallest absolute Gasteiger partial charge is 0.236 e. The van der Waals surface area contributed by atoms with Crippen LogP contribution < -0.4 is 5.73 Å². The normalized spacial score (nSPS) is 18.8. The summed E-state index contributed by atoms with van der Waals surface area (Å²) in [5, 5.41) is 12.2. The molecule has 0 spiro atoms. The third-order valence-electron chi connectivity index (χ3n) is 3.79. The van der Waals surface area contributed by atoms with E-state index >= 15 is 0 Å². The largest absolute Gasteiger partial charge is 0.409 e. The minimum Gasteiger partial charge on any atom is -0.409 e. The molecule has 1 saturated heterocycles. The second-order valence-electron chi connectivity index (χ2n) is 5.82. The Morgan fingerprint density at radius 3 is 2.57 bits per heavy atom. The van der Waals surface area contributed by atoms with Crippen LogP contribution in [0.15, 0.2) is 5.16 Å². The van der Waals surface area contributed by atoms with E-state index in [9.17, 15) is 4.79 Å². The van der Waals surface area contributed by atoms with E-state index < -0.39 is 5.41 Å². The van der Waals surface area contributed by atoms with Gasteiger partial charge in [-0.15, -0.1) is 0 Å². The third-order valence-corrected chi connectivity index (χ3v) is 3.79. The average molecular weight is 301 g/mol. The first-order chi connectivity index (χ1) is 9.97. The molecule has 122 valence electrons. The van der Waals surface area contributed by atoms with Crippen LogP contribution in [0, 0.1) is 11.3 Å². The lowest BCUT2D eigenvalue weighted by Gasteiger charge is -2.39. The summed E-state index contributed by atoms with van der Waals surface area (Å²) in [4.78, 5) is 14.8. The molecule has 0 aliphatic carbocycles. The van der Waals surface area contributed by atoms with E-state index in [4.69, 9.17) is 20.4 Å². The lowest BCUT2D eigenvalue weighted by atomic mass is 9.77. The molecule has 0 bridgehead atoms. The van der Waals surface area contributed by atoms with Gasteiger partial charge in [-0.2, -0.15) is 0 Å². The van der Waals surface area contributed by atoms with Crippen molar-refractivity contribution in [2.75, 3.05) is 40.0 Å². The number of amides is 1. The molecule has 1 rings (SSSR count). The summed E-state index contributed by atoms with van der Waals surface area (Å²) < 4.78 is 10.4.